The highest BCUT2D eigenvalue weighted by molar-refractivity contribution is 7.99. The third-order valence-corrected chi connectivity index (χ3v) is 3.88. The van der Waals surface area contributed by atoms with Gasteiger partial charge in [-0.3, -0.25) is 0 Å². The van der Waals surface area contributed by atoms with Crippen LogP contribution in [0.5, 0.6) is 0 Å². The molecule has 17 heavy (non-hydrogen) atoms. The maximum absolute atomic E-state index is 4.48. The third-order valence-electron chi connectivity index (χ3n) is 2.21. The van der Waals surface area contributed by atoms with E-state index in [-0.39, 0.29) is 0 Å². The first-order valence-electron chi connectivity index (χ1n) is 5.83. The van der Waals surface area contributed by atoms with Gasteiger partial charge in [-0.05, 0) is 12.2 Å². The lowest BCUT2D eigenvalue weighted by molar-refractivity contribution is 0.833. The summed E-state index contributed by atoms with van der Waals surface area (Å²) in [4.78, 5) is 14.2. The largest absolute Gasteiger partial charge is 0.361 e. The molecule has 0 atom stereocenters. The van der Waals surface area contributed by atoms with E-state index in [4.69, 9.17) is 0 Å². The molecule has 6 heteroatoms. The van der Waals surface area contributed by atoms with Crippen LogP contribution in [0, 0.1) is 0 Å². The topological polar surface area (TPSA) is 50.7 Å². The van der Waals surface area contributed by atoms with Crippen LogP contribution >= 0.6 is 23.1 Å². The number of aromatic nitrogens is 3. The number of fused-ring (bicyclic) bond motifs is 1. The molecule has 2 aromatic heterocycles. The van der Waals surface area contributed by atoms with Crippen LogP contribution in [0.25, 0.3) is 10.3 Å². The molecule has 2 rings (SSSR count). The first-order valence-corrected chi connectivity index (χ1v) is 7.64. The number of anilines is 1. The lowest BCUT2D eigenvalue weighted by Gasteiger charge is -1.98. The molecule has 0 fully saturated rings. The van der Waals surface area contributed by atoms with Crippen molar-refractivity contribution in [2.24, 2.45) is 0 Å². The summed E-state index contributed by atoms with van der Waals surface area (Å²) in [6, 6.07) is 0. The lowest BCUT2D eigenvalue weighted by atomic mass is 10.3. The molecule has 0 aliphatic rings. The van der Waals surface area contributed by atoms with Gasteiger partial charge in [0.25, 0.3) is 0 Å². The van der Waals surface area contributed by atoms with Gasteiger partial charge in [0.05, 0.1) is 6.20 Å². The molecule has 0 saturated heterocycles. The van der Waals surface area contributed by atoms with Crippen molar-refractivity contribution in [2.45, 2.75) is 31.8 Å². The maximum Gasteiger partial charge on any atom is 0.188 e. The van der Waals surface area contributed by atoms with Gasteiger partial charge in [0.2, 0.25) is 0 Å². The summed E-state index contributed by atoms with van der Waals surface area (Å²) in [5.41, 5.74) is 0.884. The second kappa shape index (κ2) is 6.16. The molecule has 0 spiro atoms. The van der Waals surface area contributed by atoms with Crippen molar-refractivity contribution in [2.75, 3.05) is 17.6 Å². The quantitative estimate of drug-likeness (QED) is 0.494. The molecule has 0 amide bonds. The van der Waals surface area contributed by atoms with Gasteiger partial charge in [-0.1, -0.05) is 43.4 Å². The van der Waals surface area contributed by atoms with Crippen molar-refractivity contribution < 1.29 is 0 Å². The van der Waals surface area contributed by atoms with E-state index in [2.05, 4.69) is 34.1 Å². The van der Waals surface area contributed by atoms with Gasteiger partial charge in [-0.25, -0.2) is 15.0 Å². The Morgan fingerprint density at radius 1 is 1.35 bits per heavy atom. The van der Waals surface area contributed by atoms with E-state index >= 15 is 0 Å². The minimum absolute atomic E-state index is 0.837. The third kappa shape index (κ3) is 3.29. The average molecular weight is 268 g/mol. The summed E-state index contributed by atoms with van der Waals surface area (Å²) in [5.74, 6) is 0.992. The number of thioether (sulfide) groups is 1. The van der Waals surface area contributed by atoms with Crippen LogP contribution in [-0.2, 0) is 0 Å². The van der Waals surface area contributed by atoms with Crippen molar-refractivity contribution in [1.29, 1.82) is 0 Å². The van der Waals surface area contributed by atoms with Gasteiger partial charge in [-0.2, -0.15) is 0 Å². The van der Waals surface area contributed by atoms with Crippen LogP contribution in [-0.4, -0.2) is 27.2 Å². The fraction of sp³-hybridized carbons (Fsp3) is 0.545. The molecular weight excluding hydrogens is 252 g/mol. The Morgan fingerprint density at radius 2 is 2.24 bits per heavy atom. The first kappa shape index (κ1) is 12.6. The van der Waals surface area contributed by atoms with Gasteiger partial charge < -0.3 is 5.32 Å². The molecule has 92 valence electrons. The second-order valence-electron chi connectivity index (χ2n) is 3.58. The van der Waals surface area contributed by atoms with E-state index in [1.807, 2.05) is 6.20 Å². The Balaban J connectivity index is 2.12. The predicted octanol–water partition coefficient (Wildman–Crippen LogP) is 3.41. The summed E-state index contributed by atoms with van der Waals surface area (Å²) < 4.78 is 0. The molecular formula is C11H16N4S2. The van der Waals surface area contributed by atoms with Crippen molar-refractivity contribution in [3.05, 3.63) is 6.20 Å². The van der Waals surface area contributed by atoms with Crippen molar-refractivity contribution >= 4 is 38.6 Å². The number of nitrogens with one attached hydrogen (secondary N) is 1. The molecule has 0 bridgehead atoms. The van der Waals surface area contributed by atoms with Crippen molar-refractivity contribution in [3.8, 4) is 0 Å². The number of unbranched alkanes of at least 4 members (excludes halogenated alkanes) is 1. The van der Waals surface area contributed by atoms with Gasteiger partial charge in [-0.15, -0.1) is 0 Å². The SMILES string of the molecule is CCCCNc1nc2cnc(SCC)nc2s1. The first-order chi connectivity index (χ1) is 8.33. The fourth-order valence-corrected chi connectivity index (χ4v) is 2.80. The van der Waals surface area contributed by atoms with Crippen molar-refractivity contribution in [3.63, 3.8) is 0 Å². The van der Waals surface area contributed by atoms with Crippen LogP contribution < -0.4 is 5.32 Å². The van der Waals surface area contributed by atoms with Gasteiger partial charge in [0.15, 0.2) is 10.3 Å². The molecule has 0 aromatic carbocycles. The normalized spacial score (nSPS) is 10.9. The van der Waals surface area contributed by atoms with Crippen LogP contribution in [0.3, 0.4) is 0 Å². The van der Waals surface area contributed by atoms with Crippen molar-refractivity contribution in [1.82, 2.24) is 15.0 Å². The highest BCUT2D eigenvalue weighted by atomic mass is 32.2. The Hall–Kier alpha value is -0.880. The van der Waals surface area contributed by atoms with E-state index in [1.165, 1.54) is 12.8 Å². The fourth-order valence-electron chi connectivity index (χ4n) is 1.37. The molecule has 0 unspecified atom stereocenters. The number of nitrogens with zero attached hydrogens (tertiary/aromatic N) is 3. The van der Waals surface area contributed by atoms with Crippen LogP contribution in [0.4, 0.5) is 5.13 Å². The number of hydrogen-bond donors (Lipinski definition) is 1. The lowest BCUT2D eigenvalue weighted by Crippen LogP contribution is -1.99. The molecule has 2 heterocycles. The molecule has 0 saturated carbocycles. The minimum Gasteiger partial charge on any atom is -0.361 e. The average Bonchev–Trinajstić information content (AvgIpc) is 2.72. The molecule has 2 aromatic rings. The monoisotopic (exact) mass is 268 g/mol. The number of thiazole rings is 1. The summed E-state index contributed by atoms with van der Waals surface area (Å²) >= 11 is 3.26. The van der Waals surface area contributed by atoms with Gasteiger partial charge in [0, 0.05) is 6.54 Å². The smallest absolute Gasteiger partial charge is 0.188 e. The summed E-state index contributed by atoms with van der Waals surface area (Å²) in [6.07, 6.45) is 4.16. The zero-order valence-electron chi connectivity index (χ0n) is 10.1. The second-order valence-corrected chi connectivity index (χ2v) is 5.78. The van der Waals surface area contributed by atoms with E-state index in [9.17, 15) is 0 Å². The number of rotatable bonds is 6. The highest BCUT2D eigenvalue weighted by Crippen LogP contribution is 2.25. The highest BCUT2D eigenvalue weighted by Gasteiger charge is 2.06. The Kier molecular flexibility index (Phi) is 4.56. The van der Waals surface area contributed by atoms with Crippen LogP contribution in [0.2, 0.25) is 0 Å². The van der Waals surface area contributed by atoms with Crippen LogP contribution in [0.1, 0.15) is 26.7 Å². The molecule has 0 aliphatic heterocycles. The van der Waals surface area contributed by atoms with E-state index < -0.39 is 0 Å². The van der Waals surface area contributed by atoms with Gasteiger partial charge in [0.1, 0.15) is 10.3 Å². The predicted molar refractivity (Wildman–Crippen MR) is 75.0 cm³/mol. The van der Waals surface area contributed by atoms with E-state index in [0.717, 1.165) is 32.9 Å². The molecule has 0 radical (unpaired) electrons. The summed E-state index contributed by atoms with van der Waals surface area (Å²) in [5, 5.41) is 5.10. The molecule has 1 N–H and O–H groups in total. The van der Waals surface area contributed by atoms with E-state index in [1.54, 1.807) is 23.1 Å². The van der Waals surface area contributed by atoms with Crippen LogP contribution in [0.15, 0.2) is 11.4 Å². The maximum atomic E-state index is 4.48. The van der Waals surface area contributed by atoms with Gasteiger partial charge >= 0.3 is 0 Å². The zero-order chi connectivity index (χ0) is 12.1. The zero-order valence-corrected chi connectivity index (χ0v) is 11.7. The summed E-state index contributed by atoms with van der Waals surface area (Å²) in [6.45, 7) is 5.25. The molecule has 0 aliphatic carbocycles. The number of hydrogen-bond acceptors (Lipinski definition) is 6. The molecule has 4 nitrogen and oxygen atoms in total. The summed E-state index contributed by atoms with van der Waals surface area (Å²) in [7, 11) is 0. The minimum atomic E-state index is 0.837. The Bertz CT molecular complexity index is 483. The van der Waals surface area contributed by atoms with E-state index in [0.29, 0.717) is 0 Å². The Labute approximate surface area is 109 Å². The standard InChI is InChI=1S/C11H16N4S2/c1-3-5-6-12-11-14-8-7-13-10(16-4-2)15-9(8)17-11/h7H,3-6H2,1-2H3,(H,12,14). The Morgan fingerprint density at radius 3 is 3.00 bits per heavy atom.